The molecule has 2 N–H and O–H groups in total. The van der Waals surface area contributed by atoms with Crippen molar-refractivity contribution in [2.45, 2.75) is 30.0 Å². The zero-order valence-corrected chi connectivity index (χ0v) is 12.6. The lowest BCUT2D eigenvalue weighted by Crippen LogP contribution is -2.38. The van der Waals surface area contributed by atoms with Gasteiger partial charge in [-0.25, -0.2) is 4.79 Å². The van der Waals surface area contributed by atoms with Gasteiger partial charge < -0.3 is 15.3 Å². The van der Waals surface area contributed by atoms with E-state index in [1.165, 1.54) is 4.90 Å². The Hall–Kier alpha value is -1.41. The third kappa shape index (κ3) is 5.10. The van der Waals surface area contributed by atoms with Crippen LogP contribution in [0.5, 0.6) is 0 Å². The lowest BCUT2D eigenvalue weighted by atomic mass is 10.3. The largest absolute Gasteiger partial charge is 0.398 e. The number of aliphatic hydroxyl groups is 1. The summed E-state index contributed by atoms with van der Waals surface area (Å²) >= 11 is 0.637. The van der Waals surface area contributed by atoms with Crippen molar-refractivity contribution in [1.82, 2.24) is 4.90 Å². The Balaban J connectivity index is 2.03. The number of hydrogen-bond donors (Lipinski definition) is 2. The molecular formula is C14H17F3N2O2S. The molecule has 0 aliphatic heterocycles. The van der Waals surface area contributed by atoms with Gasteiger partial charge in [0, 0.05) is 17.5 Å². The van der Waals surface area contributed by atoms with E-state index in [1.807, 2.05) is 0 Å². The summed E-state index contributed by atoms with van der Waals surface area (Å²) in [6, 6.07) is 6.11. The van der Waals surface area contributed by atoms with E-state index in [0.717, 1.165) is 12.8 Å². The van der Waals surface area contributed by atoms with Crippen LogP contribution in [-0.2, 0) is 0 Å². The molecule has 2 rings (SSSR count). The fourth-order valence-electron chi connectivity index (χ4n) is 1.99. The number of anilines is 1. The predicted molar refractivity (Wildman–Crippen MR) is 79.1 cm³/mol. The summed E-state index contributed by atoms with van der Waals surface area (Å²) in [5, 5.41) is 11.6. The monoisotopic (exact) mass is 334 g/mol. The van der Waals surface area contributed by atoms with Crippen molar-refractivity contribution in [3.8, 4) is 0 Å². The van der Waals surface area contributed by atoms with Gasteiger partial charge in [-0.3, -0.25) is 0 Å². The highest BCUT2D eigenvalue weighted by molar-refractivity contribution is 7.99. The molecule has 1 saturated carbocycles. The molecule has 1 aromatic carbocycles. The van der Waals surface area contributed by atoms with E-state index in [9.17, 15) is 18.0 Å². The van der Waals surface area contributed by atoms with Crippen LogP contribution in [-0.4, -0.2) is 47.2 Å². The van der Waals surface area contributed by atoms with Crippen molar-refractivity contribution < 1.29 is 23.1 Å². The van der Waals surface area contributed by atoms with Gasteiger partial charge in [-0.1, -0.05) is 12.1 Å². The van der Waals surface area contributed by atoms with Crippen molar-refractivity contribution in [2.75, 3.05) is 24.2 Å². The minimum Gasteiger partial charge on any atom is -0.395 e. The minimum atomic E-state index is -4.27. The second-order valence-electron chi connectivity index (χ2n) is 4.98. The third-order valence-electron chi connectivity index (χ3n) is 3.11. The van der Waals surface area contributed by atoms with Gasteiger partial charge in [0.25, 0.3) is 0 Å². The quantitative estimate of drug-likeness (QED) is 0.785. The highest BCUT2D eigenvalue weighted by atomic mass is 32.2. The normalized spacial score (nSPS) is 14.7. The Morgan fingerprint density at radius 2 is 2.05 bits per heavy atom. The molecule has 22 heavy (non-hydrogen) atoms. The number of rotatable bonds is 6. The third-order valence-corrected chi connectivity index (χ3v) is 4.25. The highest BCUT2D eigenvalue weighted by Gasteiger charge is 2.32. The first-order chi connectivity index (χ1) is 10.4. The standard InChI is InChI=1S/C14H17F3N2O2S/c15-14(16,17)9-22-12-4-2-1-3-11(12)18-13(21)19(7-8-20)10-5-6-10/h1-4,10,20H,5-9H2,(H,18,21). The topological polar surface area (TPSA) is 52.6 Å². The molecule has 122 valence electrons. The maximum atomic E-state index is 12.3. The number of carbonyl (C=O) groups excluding carboxylic acids is 1. The summed E-state index contributed by atoms with van der Waals surface area (Å²) in [6.07, 6.45) is -2.49. The summed E-state index contributed by atoms with van der Waals surface area (Å²) in [7, 11) is 0. The number of halogens is 3. The number of hydrogen-bond acceptors (Lipinski definition) is 3. The summed E-state index contributed by atoms with van der Waals surface area (Å²) in [4.78, 5) is 14.1. The molecule has 0 heterocycles. The summed E-state index contributed by atoms with van der Waals surface area (Å²) in [5.41, 5.74) is 0.352. The molecule has 0 aromatic heterocycles. The number of aliphatic hydroxyl groups excluding tert-OH is 1. The van der Waals surface area contributed by atoms with Crippen molar-refractivity contribution in [3.05, 3.63) is 24.3 Å². The molecule has 8 heteroatoms. The van der Waals surface area contributed by atoms with Crippen LogP contribution in [0, 0.1) is 0 Å². The fourth-order valence-corrected chi connectivity index (χ4v) is 2.75. The van der Waals surface area contributed by atoms with Crippen molar-refractivity contribution in [3.63, 3.8) is 0 Å². The van der Waals surface area contributed by atoms with Gasteiger partial charge >= 0.3 is 12.2 Å². The minimum absolute atomic E-state index is 0.113. The number of para-hydroxylation sites is 1. The van der Waals surface area contributed by atoms with Crippen LogP contribution < -0.4 is 5.32 Å². The van der Waals surface area contributed by atoms with Crippen LogP contribution in [0.4, 0.5) is 23.7 Å². The molecule has 1 fully saturated rings. The molecule has 0 spiro atoms. The highest BCUT2D eigenvalue weighted by Crippen LogP contribution is 2.33. The molecule has 0 saturated heterocycles. The SMILES string of the molecule is O=C(Nc1ccccc1SCC(F)(F)F)N(CCO)C1CC1. The van der Waals surface area contributed by atoms with Crippen LogP contribution >= 0.6 is 11.8 Å². The van der Waals surface area contributed by atoms with Gasteiger partial charge in [0.05, 0.1) is 18.0 Å². The van der Waals surface area contributed by atoms with Crippen molar-refractivity contribution in [2.24, 2.45) is 0 Å². The summed E-state index contributed by atoms with van der Waals surface area (Å²) < 4.78 is 37.0. The number of urea groups is 1. The number of benzene rings is 1. The smallest absolute Gasteiger partial charge is 0.395 e. The van der Waals surface area contributed by atoms with Crippen LogP contribution in [0.25, 0.3) is 0 Å². The average molecular weight is 334 g/mol. The Morgan fingerprint density at radius 3 is 2.64 bits per heavy atom. The van der Waals surface area contributed by atoms with Gasteiger partial charge in [0.15, 0.2) is 0 Å². The number of alkyl halides is 3. The Kier molecular flexibility index (Phi) is 5.57. The first-order valence-electron chi connectivity index (χ1n) is 6.88. The van der Waals surface area contributed by atoms with Crippen LogP contribution in [0.3, 0.4) is 0 Å². The second kappa shape index (κ2) is 7.23. The maximum absolute atomic E-state index is 12.3. The van der Waals surface area contributed by atoms with Gasteiger partial charge in [0.1, 0.15) is 0 Å². The van der Waals surface area contributed by atoms with E-state index in [1.54, 1.807) is 24.3 Å². The Bertz CT molecular complexity index is 521. The Labute approximate surface area is 130 Å². The van der Waals surface area contributed by atoms with Gasteiger partial charge in [0.2, 0.25) is 0 Å². The zero-order chi connectivity index (χ0) is 16.2. The maximum Gasteiger partial charge on any atom is 0.398 e. The van der Waals surface area contributed by atoms with Gasteiger partial charge in [-0.15, -0.1) is 11.8 Å². The summed E-state index contributed by atoms with van der Waals surface area (Å²) in [5.74, 6) is -1.01. The van der Waals surface area contributed by atoms with E-state index < -0.39 is 18.0 Å². The summed E-state index contributed by atoms with van der Waals surface area (Å²) in [6.45, 7) is 0.0722. The second-order valence-corrected chi connectivity index (χ2v) is 6.00. The van der Waals surface area contributed by atoms with E-state index in [4.69, 9.17) is 5.11 Å². The first kappa shape index (κ1) is 17.0. The zero-order valence-electron chi connectivity index (χ0n) is 11.8. The molecule has 0 bridgehead atoms. The first-order valence-corrected chi connectivity index (χ1v) is 7.86. The molecule has 2 amide bonds. The predicted octanol–water partition coefficient (Wildman–Crippen LogP) is 3.33. The lowest BCUT2D eigenvalue weighted by molar-refractivity contribution is -0.105. The van der Waals surface area contributed by atoms with E-state index in [2.05, 4.69) is 5.32 Å². The molecule has 0 atom stereocenters. The molecule has 1 aliphatic carbocycles. The van der Waals surface area contributed by atoms with E-state index >= 15 is 0 Å². The average Bonchev–Trinajstić information content (AvgIpc) is 3.27. The van der Waals surface area contributed by atoms with Crippen LogP contribution in [0.15, 0.2) is 29.2 Å². The van der Waals surface area contributed by atoms with Gasteiger partial charge in [-0.2, -0.15) is 13.2 Å². The Morgan fingerprint density at radius 1 is 1.36 bits per heavy atom. The van der Waals surface area contributed by atoms with Crippen LogP contribution in [0.2, 0.25) is 0 Å². The van der Waals surface area contributed by atoms with E-state index in [-0.39, 0.29) is 19.2 Å². The molecular weight excluding hydrogens is 317 g/mol. The molecule has 1 aromatic rings. The molecule has 1 aliphatic rings. The fraction of sp³-hybridized carbons (Fsp3) is 0.500. The number of carbonyl (C=O) groups is 1. The number of thioether (sulfide) groups is 1. The van der Waals surface area contributed by atoms with Gasteiger partial charge in [-0.05, 0) is 25.0 Å². The molecule has 4 nitrogen and oxygen atoms in total. The van der Waals surface area contributed by atoms with Crippen LogP contribution in [0.1, 0.15) is 12.8 Å². The van der Waals surface area contributed by atoms with E-state index in [0.29, 0.717) is 22.3 Å². The van der Waals surface area contributed by atoms with Crippen molar-refractivity contribution >= 4 is 23.5 Å². The molecule has 0 radical (unpaired) electrons. The number of nitrogens with zero attached hydrogens (tertiary/aromatic N) is 1. The number of nitrogens with one attached hydrogen (secondary N) is 1. The van der Waals surface area contributed by atoms with Crippen molar-refractivity contribution in [1.29, 1.82) is 0 Å². The number of amides is 2. The molecule has 0 unspecified atom stereocenters. The lowest BCUT2D eigenvalue weighted by Gasteiger charge is -2.22.